The second-order valence-electron chi connectivity index (χ2n) is 4.63. The molecule has 3 rings (SSSR count). The van der Waals surface area contributed by atoms with Crippen LogP contribution in [0, 0.1) is 5.82 Å². The molecule has 1 spiro atoms. The van der Waals surface area contributed by atoms with Gasteiger partial charge in [0.1, 0.15) is 5.82 Å². The van der Waals surface area contributed by atoms with Gasteiger partial charge in [0.15, 0.2) is 0 Å². The first-order valence-electron chi connectivity index (χ1n) is 5.59. The van der Waals surface area contributed by atoms with Crippen LogP contribution in [-0.2, 0) is 0 Å². The molecule has 0 aromatic heterocycles. The predicted molar refractivity (Wildman–Crippen MR) is 59.7 cm³/mol. The molecule has 15 heavy (non-hydrogen) atoms. The van der Waals surface area contributed by atoms with Gasteiger partial charge in [-0.3, -0.25) is 0 Å². The Labute approximate surface area is 88.9 Å². The summed E-state index contributed by atoms with van der Waals surface area (Å²) in [6.07, 6.45) is 4.92. The van der Waals surface area contributed by atoms with E-state index in [0.717, 1.165) is 24.3 Å². The third-order valence-electron chi connectivity index (χ3n) is 3.61. The number of halogens is 1. The van der Waals surface area contributed by atoms with Crippen LogP contribution in [-0.4, -0.2) is 12.1 Å². The molecule has 0 atom stereocenters. The van der Waals surface area contributed by atoms with Crippen LogP contribution >= 0.6 is 0 Å². The van der Waals surface area contributed by atoms with E-state index in [2.05, 4.69) is 10.6 Å². The van der Waals surface area contributed by atoms with Crippen LogP contribution in [0.5, 0.6) is 0 Å². The van der Waals surface area contributed by atoms with Crippen molar-refractivity contribution in [3.8, 4) is 0 Å². The summed E-state index contributed by atoms with van der Waals surface area (Å²) in [5.74, 6) is -0.174. The number of anilines is 2. The molecular weight excluding hydrogens is 191 g/mol. The minimum Gasteiger partial charge on any atom is -0.383 e. The molecule has 1 fully saturated rings. The van der Waals surface area contributed by atoms with E-state index in [1.54, 1.807) is 6.07 Å². The largest absolute Gasteiger partial charge is 0.383 e. The summed E-state index contributed by atoms with van der Waals surface area (Å²) < 4.78 is 13.0. The molecule has 3 heteroatoms. The van der Waals surface area contributed by atoms with E-state index in [0.29, 0.717) is 0 Å². The fraction of sp³-hybridized carbons (Fsp3) is 0.500. The summed E-state index contributed by atoms with van der Waals surface area (Å²) in [6, 6.07) is 4.92. The lowest BCUT2D eigenvalue weighted by atomic mass is 9.74. The van der Waals surface area contributed by atoms with Gasteiger partial charge in [0, 0.05) is 12.1 Å². The highest BCUT2D eigenvalue weighted by molar-refractivity contribution is 5.70. The van der Waals surface area contributed by atoms with Crippen molar-refractivity contribution in [3.63, 3.8) is 0 Å². The quantitative estimate of drug-likeness (QED) is 0.682. The highest BCUT2D eigenvalue weighted by atomic mass is 19.1. The van der Waals surface area contributed by atoms with Gasteiger partial charge in [-0.25, -0.2) is 4.39 Å². The number of hydrogen-bond donors (Lipinski definition) is 2. The van der Waals surface area contributed by atoms with E-state index in [1.165, 1.54) is 25.3 Å². The Balaban J connectivity index is 1.95. The van der Waals surface area contributed by atoms with E-state index in [9.17, 15) is 4.39 Å². The lowest BCUT2D eigenvalue weighted by Gasteiger charge is -2.42. The second-order valence-corrected chi connectivity index (χ2v) is 4.63. The van der Waals surface area contributed by atoms with Crippen molar-refractivity contribution >= 4 is 11.4 Å². The number of hydrogen-bond acceptors (Lipinski definition) is 2. The van der Waals surface area contributed by atoms with Gasteiger partial charge in [-0.2, -0.15) is 0 Å². The molecule has 0 unspecified atom stereocenters. The van der Waals surface area contributed by atoms with Gasteiger partial charge < -0.3 is 10.6 Å². The monoisotopic (exact) mass is 206 g/mol. The fourth-order valence-electron chi connectivity index (χ4n) is 2.53. The first-order chi connectivity index (χ1) is 7.27. The first-order valence-corrected chi connectivity index (χ1v) is 5.59. The van der Waals surface area contributed by atoms with Gasteiger partial charge >= 0.3 is 0 Å². The zero-order valence-corrected chi connectivity index (χ0v) is 8.65. The Morgan fingerprint density at radius 1 is 1.13 bits per heavy atom. The standard InChI is InChI=1S/C12H15FN2/c13-9-2-3-10-11(8-9)14-7-6-12(15-10)4-1-5-12/h2-3,8,14-15H,1,4-7H2. The van der Waals surface area contributed by atoms with Crippen LogP contribution in [0.25, 0.3) is 0 Å². The van der Waals surface area contributed by atoms with Crippen molar-refractivity contribution in [2.75, 3.05) is 17.2 Å². The maximum Gasteiger partial charge on any atom is 0.125 e. The lowest BCUT2D eigenvalue weighted by molar-refractivity contribution is 0.268. The van der Waals surface area contributed by atoms with Crippen molar-refractivity contribution < 1.29 is 4.39 Å². The smallest absolute Gasteiger partial charge is 0.125 e. The molecule has 1 saturated carbocycles. The van der Waals surface area contributed by atoms with Gasteiger partial charge in [0.2, 0.25) is 0 Å². The topological polar surface area (TPSA) is 24.1 Å². The summed E-state index contributed by atoms with van der Waals surface area (Å²) in [5, 5.41) is 6.86. The van der Waals surface area contributed by atoms with Crippen LogP contribution in [0.1, 0.15) is 25.7 Å². The second kappa shape index (κ2) is 3.12. The van der Waals surface area contributed by atoms with Gasteiger partial charge in [-0.1, -0.05) is 0 Å². The Morgan fingerprint density at radius 3 is 2.73 bits per heavy atom. The Bertz CT molecular complexity index is 385. The molecule has 1 aromatic carbocycles. The number of fused-ring (bicyclic) bond motifs is 1. The minimum absolute atomic E-state index is 0.174. The van der Waals surface area contributed by atoms with E-state index in [1.807, 2.05) is 6.07 Å². The lowest BCUT2D eigenvalue weighted by Crippen LogP contribution is -2.45. The van der Waals surface area contributed by atoms with E-state index in [-0.39, 0.29) is 11.4 Å². The molecular formula is C12H15FN2. The van der Waals surface area contributed by atoms with Crippen molar-refractivity contribution in [1.82, 2.24) is 0 Å². The minimum atomic E-state index is -0.174. The van der Waals surface area contributed by atoms with Crippen LogP contribution in [0.15, 0.2) is 18.2 Å². The van der Waals surface area contributed by atoms with Crippen LogP contribution in [0.4, 0.5) is 15.8 Å². The molecule has 0 saturated heterocycles. The molecule has 1 heterocycles. The highest BCUT2D eigenvalue weighted by Crippen LogP contribution is 2.41. The van der Waals surface area contributed by atoms with Gasteiger partial charge in [-0.15, -0.1) is 0 Å². The van der Waals surface area contributed by atoms with Crippen molar-refractivity contribution in [2.24, 2.45) is 0 Å². The van der Waals surface area contributed by atoms with Gasteiger partial charge in [0.05, 0.1) is 11.4 Å². The molecule has 1 aliphatic heterocycles. The predicted octanol–water partition coefficient (Wildman–Crippen LogP) is 2.98. The molecule has 1 aromatic rings. The third-order valence-corrected chi connectivity index (χ3v) is 3.61. The highest BCUT2D eigenvalue weighted by Gasteiger charge is 2.37. The van der Waals surface area contributed by atoms with Crippen LogP contribution in [0.3, 0.4) is 0 Å². The average molecular weight is 206 g/mol. The fourth-order valence-corrected chi connectivity index (χ4v) is 2.53. The molecule has 0 radical (unpaired) electrons. The van der Waals surface area contributed by atoms with Gasteiger partial charge in [-0.05, 0) is 43.9 Å². The molecule has 2 aliphatic rings. The Hall–Kier alpha value is -1.25. The SMILES string of the molecule is Fc1ccc2c(c1)NCCC1(CCC1)N2. The molecule has 2 N–H and O–H groups in total. The van der Waals surface area contributed by atoms with Crippen molar-refractivity contribution in [2.45, 2.75) is 31.2 Å². The van der Waals surface area contributed by atoms with E-state index >= 15 is 0 Å². The molecule has 2 nitrogen and oxygen atoms in total. The Morgan fingerprint density at radius 2 is 2.00 bits per heavy atom. The summed E-state index contributed by atoms with van der Waals surface area (Å²) in [6.45, 7) is 0.934. The molecule has 0 bridgehead atoms. The summed E-state index contributed by atoms with van der Waals surface area (Å²) in [4.78, 5) is 0. The zero-order valence-electron chi connectivity index (χ0n) is 8.65. The number of nitrogens with one attached hydrogen (secondary N) is 2. The van der Waals surface area contributed by atoms with E-state index < -0.39 is 0 Å². The van der Waals surface area contributed by atoms with Gasteiger partial charge in [0.25, 0.3) is 0 Å². The van der Waals surface area contributed by atoms with Crippen molar-refractivity contribution in [1.29, 1.82) is 0 Å². The summed E-state index contributed by atoms with van der Waals surface area (Å²) in [5.41, 5.74) is 2.24. The summed E-state index contributed by atoms with van der Waals surface area (Å²) >= 11 is 0. The third kappa shape index (κ3) is 1.46. The molecule has 80 valence electrons. The number of rotatable bonds is 0. The summed E-state index contributed by atoms with van der Waals surface area (Å²) in [7, 11) is 0. The van der Waals surface area contributed by atoms with Crippen LogP contribution in [0.2, 0.25) is 0 Å². The van der Waals surface area contributed by atoms with E-state index in [4.69, 9.17) is 0 Å². The molecule has 0 amide bonds. The number of benzene rings is 1. The first kappa shape index (κ1) is 9.01. The maximum atomic E-state index is 13.0. The maximum absolute atomic E-state index is 13.0. The molecule has 1 aliphatic carbocycles. The van der Waals surface area contributed by atoms with Crippen LogP contribution < -0.4 is 10.6 Å². The normalized spacial score (nSPS) is 21.9. The average Bonchev–Trinajstić information content (AvgIpc) is 2.35. The van der Waals surface area contributed by atoms with Crippen molar-refractivity contribution in [3.05, 3.63) is 24.0 Å². The Kier molecular flexibility index (Phi) is 1.87. The zero-order chi connectivity index (χ0) is 10.3.